The van der Waals surface area contributed by atoms with Crippen LogP contribution in [0.3, 0.4) is 0 Å². The Morgan fingerprint density at radius 2 is 2.20 bits per heavy atom. The molecule has 0 aromatic heterocycles. The van der Waals surface area contributed by atoms with Gasteiger partial charge in [-0.1, -0.05) is 43.2 Å². The van der Waals surface area contributed by atoms with E-state index in [0.717, 1.165) is 5.57 Å². The SMILES string of the molecule is CC#CC(C)C1=C/C(C)/C=C\C(C)(C(=O)OCC)/C=C\1. The Labute approximate surface area is 122 Å². The highest BCUT2D eigenvalue weighted by molar-refractivity contribution is 5.81. The summed E-state index contributed by atoms with van der Waals surface area (Å²) >= 11 is 0. The van der Waals surface area contributed by atoms with Crippen LogP contribution in [0.15, 0.2) is 36.0 Å². The summed E-state index contributed by atoms with van der Waals surface area (Å²) in [4.78, 5) is 12.1. The predicted octanol–water partition coefficient (Wildman–Crippen LogP) is 3.90. The second-order valence-electron chi connectivity index (χ2n) is 5.34. The van der Waals surface area contributed by atoms with E-state index in [0.29, 0.717) is 6.61 Å². The Hall–Kier alpha value is -1.75. The Morgan fingerprint density at radius 3 is 2.80 bits per heavy atom. The molecule has 0 N–H and O–H groups in total. The largest absolute Gasteiger partial charge is 0.465 e. The van der Waals surface area contributed by atoms with Crippen molar-refractivity contribution in [2.75, 3.05) is 6.61 Å². The molecule has 1 rings (SSSR count). The van der Waals surface area contributed by atoms with E-state index in [1.165, 1.54) is 0 Å². The fourth-order valence-electron chi connectivity index (χ4n) is 2.10. The van der Waals surface area contributed by atoms with Gasteiger partial charge in [-0.15, -0.1) is 5.92 Å². The molecule has 0 fully saturated rings. The first-order valence-electron chi connectivity index (χ1n) is 7.12. The normalized spacial score (nSPS) is 32.5. The van der Waals surface area contributed by atoms with Crippen molar-refractivity contribution in [1.82, 2.24) is 0 Å². The summed E-state index contributed by atoms with van der Waals surface area (Å²) in [5, 5.41) is 0. The minimum Gasteiger partial charge on any atom is -0.465 e. The van der Waals surface area contributed by atoms with Crippen LogP contribution >= 0.6 is 0 Å². The number of allylic oxidation sites excluding steroid dienone is 4. The quantitative estimate of drug-likeness (QED) is 0.442. The molecule has 0 saturated carbocycles. The summed E-state index contributed by atoms with van der Waals surface area (Å²) in [6, 6.07) is 0. The zero-order chi connectivity index (χ0) is 15.2. The van der Waals surface area contributed by atoms with Crippen LogP contribution in [0.5, 0.6) is 0 Å². The number of hydrogen-bond donors (Lipinski definition) is 0. The van der Waals surface area contributed by atoms with E-state index >= 15 is 0 Å². The number of hydrogen-bond acceptors (Lipinski definition) is 2. The van der Waals surface area contributed by atoms with E-state index in [9.17, 15) is 4.79 Å². The van der Waals surface area contributed by atoms with Crippen LogP contribution in [0.4, 0.5) is 0 Å². The van der Waals surface area contributed by atoms with Gasteiger partial charge < -0.3 is 4.74 Å². The summed E-state index contributed by atoms with van der Waals surface area (Å²) in [6.07, 6.45) is 10.1. The Morgan fingerprint density at radius 1 is 1.50 bits per heavy atom. The number of carbonyl (C=O) groups excluding carboxylic acids is 1. The van der Waals surface area contributed by atoms with E-state index in [4.69, 9.17) is 4.74 Å². The third-order valence-electron chi connectivity index (χ3n) is 3.40. The molecule has 0 heterocycles. The lowest BCUT2D eigenvalue weighted by Gasteiger charge is -2.22. The molecule has 0 aromatic carbocycles. The molecule has 0 spiro atoms. The summed E-state index contributed by atoms with van der Waals surface area (Å²) < 4.78 is 5.17. The molecule has 0 bridgehead atoms. The van der Waals surface area contributed by atoms with Crippen LogP contribution in [-0.2, 0) is 9.53 Å². The number of carbonyl (C=O) groups is 1. The van der Waals surface area contributed by atoms with Gasteiger partial charge in [-0.05, 0) is 39.2 Å². The molecule has 0 aromatic rings. The second-order valence-corrected chi connectivity index (χ2v) is 5.34. The summed E-state index contributed by atoms with van der Waals surface area (Å²) in [5.41, 5.74) is 0.440. The minimum atomic E-state index is -0.705. The van der Waals surface area contributed by atoms with E-state index in [2.05, 4.69) is 31.8 Å². The molecule has 0 amide bonds. The van der Waals surface area contributed by atoms with Gasteiger partial charge in [0.05, 0.1) is 6.61 Å². The van der Waals surface area contributed by atoms with Crippen LogP contribution in [-0.4, -0.2) is 12.6 Å². The first-order valence-corrected chi connectivity index (χ1v) is 7.12. The average Bonchev–Trinajstić information content (AvgIpc) is 2.39. The maximum absolute atomic E-state index is 12.1. The van der Waals surface area contributed by atoms with Crippen LogP contribution in [0, 0.1) is 29.1 Å². The number of esters is 1. The van der Waals surface area contributed by atoms with Crippen molar-refractivity contribution >= 4 is 5.97 Å². The lowest BCUT2D eigenvalue weighted by molar-refractivity contribution is -0.149. The van der Waals surface area contributed by atoms with Gasteiger partial charge in [0, 0.05) is 5.92 Å². The molecule has 0 aliphatic heterocycles. The van der Waals surface area contributed by atoms with Crippen molar-refractivity contribution < 1.29 is 9.53 Å². The topological polar surface area (TPSA) is 26.3 Å². The van der Waals surface area contributed by atoms with Crippen molar-refractivity contribution in [3.05, 3.63) is 36.0 Å². The molecule has 1 aliphatic carbocycles. The highest BCUT2D eigenvalue weighted by Gasteiger charge is 2.30. The van der Waals surface area contributed by atoms with Gasteiger partial charge in [0.2, 0.25) is 0 Å². The van der Waals surface area contributed by atoms with Gasteiger partial charge >= 0.3 is 5.97 Å². The minimum absolute atomic E-state index is 0.164. The first kappa shape index (κ1) is 16.3. The van der Waals surface area contributed by atoms with Gasteiger partial charge in [0.15, 0.2) is 0 Å². The number of rotatable bonds is 3. The van der Waals surface area contributed by atoms with Gasteiger partial charge in [0.1, 0.15) is 5.41 Å². The third-order valence-corrected chi connectivity index (χ3v) is 3.40. The Bertz CT molecular complexity index is 499. The third kappa shape index (κ3) is 4.13. The smallest absolute Gasteiger partial charge is 0.319 e. The molecule has 2 heteroatoms. The molecule has 20 heavy (non-hydrogen) atoms. The Kier molecular flexibility index (Phi) is 5.82. The molecule has 2 nitrogen and oxygen atoms in total. The Balaban J connectivity index is 3.12. The zero-order valence-electron chi connectivity index (χ0n) is 13.1. The van der Waals surface area contributed by atoms with Gasteiger partial charge in [-0.3, -0.25) is 4.79 Å². The molecule has 108 valence electrons. The van der Waals surface area contributed by atoms with Gasteiger partial charge in [-0.2, -0.15) is 0 Å². The fourth-order valence-corrected chi connectivity index (χ4v) is 2.10. The van der Waals surface area contributed by atoms with E-state index in [-0.39, 0.29) is 17.8 Å². The molecular weight excluding hydrogens is 248 g/mol. The van der Waals surface area contributed by atoms with Gasteiger partial charge in [-0.25, -0.2) is 0 Å². The van der Waals surface area contributed by atoms with Crippen molar-refractivity contribution in [1.29, 1.82) is 0 Å². The molecule has 3 atom stereocenters. The molecule has 0 saturated heterocycles. The summed E-state index contributed by atoms with van der Waals surface area (Å²) in [6.45, 7) is 10.1. The van der Waals surface area contributed by atoms with Crippen molar-refractivity contribution in [2.24, 2.45) is 17.3 Å². The molecule has 3 unspecified atom stereocenters. The molecule has 0 radical (unpaired) electrons. The first-order chi connectivity index (χ1) is 9.42. The van der Waals surface area contributed by atoms with Gasteiger partial charge in [0.25, 0.3) is 0 Å². The average molecular weight is 272 g/mol. The maximum Gasteiger partial charge on any atom is 0.319 e. The zero-order valence-corrected chi connectivity index (χ0v) is 13.1. The fraction of sp³-hybridized carbons (Fsp3) is 0.500. The van der Waals surface area contributed by atoms with Crippen molar-refractivity contribution in [3.63, 3.8) is 0 Å². The van der Waals surface area contributed by atoms with Crippen LogP contribution in [0.2, 0.25) is 0 Å². The predicted molar refractivity (Wildman–Crippen MR) is 82.9 cm³/mol. The number of ether oxygens (including phenoxy) is 1. The molecule has 1 aliphatic rings. The highest BCUT2D eigenvalue weighted by atomic mass is 16.5. The second kappa shape index (κ2) is 7.14. The van der Waals surface area contributed by atoms with E-state index in [1.807, 2.05) is 45.1 Å². The summed E-state index contributed by atoms with van der Waals surface area (Å²) in [7, 11) is 0. The highest BCUT2D eigenvalue weighted by Crippen LogP contribution is 2.28. The van der Waals surface area contributed by atoms with Crippen LogP contribution < -0.4 is 0 Å². The monoisotopic (exact) mass is 272 g/mol. The van der Waals surface area contributed by atoms with E-state index in [1.54, 1.807) is 0 Å². The maximum atomic E-state index is 12.1. The van der Waals surface area contributed by atoms with Crippen molar-refractivity contribution in [2.45, 2.75) is 34.6 Å². The standard InChI is InChI=1S/C18H24O2/c1-6-8-15(4)16-10-12-18(5,17(19)20-7-2)11-9-14(3)13-16/h9-15H,7H2,1-5H3/b11-9-,12-10-,16-13+. The van der Waals surface area contributed by atoms with Crippen LogP contribution in [0.25, 0.3) is 0 Å². The van der Waals surface area contributed by atoms with Crippen molar-refractivity contribution in [3.8, 4) is 11.8 Å². The lowest BCUT2D eigenvalue weighted by Crippen LogP contribution is -2.26. The van der Waals surface area contributed by atoms with E-state index < -0.39 is 5.41 Å². The summed E-state index contributed by atoms with van der Waals surface area (Å²) in [5.74, 6) is 6.32. The van der Waals surface area contributed by atoms with Crippen LogP contribution in [0.1, 0.15) is 34.6 Å². The molecular formula is C18H24O2. The lowest BCUT2D eigenvalue weighted by atomic mass is 9.84.